The Morgan fingerprint density at radius 1 is 0.963 bits per heavy atom. The van der Waals surface area contributed by atoms with Gasteiger partial charge in [-0.2, -0.15) is 0 Å². The SMILES string of the molecule is CC(C)OC(=O)C1(O)CC[C@@H](C)[C@H]2C[C@@H]3CC[C@@H](C)[C@H](CC[C@@]21C)C3(C)C. The van der Waals surface area contributed by atoms with E-state index in [4.69, 9.17) is 4.74 Å². The Balaban J connectivity index is 2.00. The van der Waals surface area contributed by atoms with Crippen LogP contribution in [0.15, 0.2) is 0 Å². The smallest absolute Gasteiger partial charge is 0.338 e. The lowest BCUT2D eigenvalue weighted by molar-refractivity contribution is -0.214. The van der Waals surface area contributed by atoms with Gasteiger partial charge in [-0.25, -0.2) is 4.79 Å². The maximum Gasteiger partial charge on any atom is 0.338 e. The fraction of sp³-hybridized carbons (Fsp3) is 0.958. The Bertz CT molecular complexity index is 568. The van der Waals surface area contributed by atoms with Crippen molar-refractivity contribution in [3.05, 3.63) is 0 Å². The number of carbonyl (C=O) groups is 1. The highest BCUT2D eigenvalue weighted by Gasteiger charge is 2.62. The van der Waals surface area contributed by atoms with Crippen molar-refractivity contribution in [3.8, 4) is 0 Å². The molecule has 1 N–H and O–H groups in total. The molecule has 156 valence electrons. The van der Waals surface area contributed by atoms with Gasteiger partial charge < -0.3 is 9.84 Å². The zero-order chi connectivity index (χ0) is 20.2. The van der Waals surface area contributed by atoms with E-state index in [9.17, 15) is 9.90 Å². The van der Waals surface area contributed by atoms with Crippen molar-refractivity contribution in [2.45, 2.75) is 105 Å². The number of rotatable bonds is 2. The molecule has 0 aromatic carbocycles. The Morgan fingerprint density at radius 2 is 1.59 bits per heavy atom. The van der Waals surface area contributed by atoms with Crippen molar-refractivity contribution in [1.29, 1.82) is 0 Å². The largest absolute Gasteiger partial charge is 0.461 e. The van der Waals surface area contributed by atoms with Crippen LogP contribution in [0, 0.1) is 40.4 Å². The van der Waals surface area contributed by atoms with Crippen LogP contribution in [0.2, 0.25) is 0 Å². The lowest BCUT2D eigenvalue weighted by Crippen LogP contribution is -2.63. The van der Waals surface area contributed by atoms with E-state index in [1.165, 1.54) is 12.8 Å². The van der Waals surface area contributed by atoms with Gasteiger partial charge in [0.05, 0.1) is 6.10 Å². The number of esters is 1. The average molecular weight is 379 g/mol. The number of ether oxygens (including phenoxy) is 1. The summed E-state index contributed by atoms with van der Waals surface area (Å²) in [4.78, 5) is 13.1. The van der Waals surface area contributed by atoms with Crippen LogP contribution in [0.1, 0.15) is 93.4 Å². The summed E-state index contributed by atoms with van der Waals surface area (Å²) in [6.07, 6.45) is 7.08. The molecular formula is C24H42O3. The van der Waals surface area contributed by atoms with Crippen LogP contribution in [0.5, 0.6) is 0 Å². The molecule has 3 heteroatoms. The predicted molar refractivity (Wildman–Crippen MR) is 109 cm³/mol. The Hall–Kier alpha value is -0.570. The molecule has 3 saturated carbocycles. The molecule has 0 amide bonds. The summed E-state index contributed by atoms with van der Waals surface area (Å²) in [6, 6.07) is 0. The highest BCUT2D eigenvalue weighted by Crippen LogP contribution is 2.62. The molecule has 3 aliphatic carbocycles. The predicted octanol–water partition coefficient (Wildman–Crippen LogP) is 5.59. The van der Waals surface area contributed by atoms with E-state index >= 15 is 0 Å². The molecular weight excluding hydrogens is 336 g/mol. The van der Waals surface area contributed by atoms with Crippen LogP contribution in [-0.4, -0.2) is 22.8 Å². The molecule has 0 saturated heterocycles. The third kappa shape index (κ3) is 3.26. The molecule has 1 unspecified atom stereocenters. The van der Waals surface area contributed by atoms with Gasteiger partial charge in [-0.15, -0.1) is 0 Å². The maximum atomic E-state index is 13.1. The molecule has 3 rings (SSSR count). The third-order valence-corrected chi connectivity index (χ3v) is 9.27. The fourth-order valence-electron chi connectivity index (χ4n) is 7.30. The molecule has 0 aromatic rings. The third-order valence-electron chi connectivity index (χ3n) is 9.27. The average Bonchev–Trinajstić information content (AvgIpc) is 2.55. The highest BCUT2D eigenvalue weighted by molar-refractivity contribution is 5.81. The Labute approximate surface area is 166 Å². The molecule has 0 aromatic heterocycles. The number of hydrogen-bond acceptors (Lipinski definition) is 3. The first-order chi connectivity index (χ1) is 12.4. The molecule has 3 aliphatic rings. The molecule has 0 spiro atoms. The van der Waals surface area contributed by atoms with Crippen molar-refractivity contribution in [2.24, 2.45) is 40.4 Å². The van der Waals surface area contributed by atoms with Crippen molar-refractivity contribution in [1.82, 2.24) is 0 Å². The normalized spacial score (nSPS) is 46.9. The second-order valence-corrected chi connectivity index (χ2v) is 11.3. The van der Waals surface area contributed by atoms with Gasteiger partial charge in [0.1, 0.15) is 0 Å². The van der Waals surface area contributed by atoms with Gasteiger partial charge in [-0.1, -0.05) is 41.0 Å². The summed E-state index contributed by atoms with van der Waals surface area (Å²) >= 11 is 0. The van der Waals surface area contributed by atoms with Crippen LogP contribution in [0.3, 0.4) is 0 Å². The van der Waals surface area contributed by atoms with Gasteiger partial charge in [0.2, 0.25) is 0 Å². The summed E-state index contributed by atoms with van der Waals surface area (Å²) in [5, 5.41) is 11.8. The van der Waals surface area contributed by atoms with Crippen LogP contribution >= 0.6 is 0 Å². The van der Waals surface area contributed by atoms with Crippen LogP contribution < -0.4 is 0 Å². The zero-order valence-electron chi connectivity index (χ0n) is 18.7. The molecule has 3 nitrogen and oxygen atoms in total. The lowest BCUT2D eigenvalue weighted by Gasteiger charge is -2.60. The molecule has 0 radical (unpaired) electrons. The van der Waals surface area contributed by atoms with Gasteiger partial charge in [-0.3, -0.25) is 0 Å². The standard InChI is InChI=1S/C24H42O3/c1-15(2)27-21(25)24(26)13-10-17(4)20-14-18-9-8-16(3)19(22(18,5)6)11-12-23(20,24)7/h15-20,26H,8-14H2,1-7H3/t16-,17-,18+,19+,20-,23+,24?/m1/s1. The first kappa shape index (κ1) is 21.1. The van der Waals surface area contributed by atoms with Gasteiger partial charge in [-0.05, 0) is 87.4 Å². The van der Waals surface area contributed by atoms with Crippen LogP contribution in [0.4, 0.5) is 0 Å². The van der Waals surface area contributed by atoms with Crippen molar-refractivity contribution < 1.29 is 14.6 Å². The summed E-state index contributed by atoms with van der Waals surface area (Å²) in [7, 11) is 0. The quantitative estimate of drug-likeness (QED) is 0.637. The number of aliphatic hydroxyl groups is 1. The summed E-state index contributed by atoms with van der Waals surface area (Å²) < 4.78 is 5.58. The summed E-state index contributed by atoms with van der Waals surface area (Å²) in [5.41, 5.74) is -1.37. The monoisotopic (exact) mass is 378 g/mol. The molecule has 0 aliphatic heterocycles. The fourth-order valence-corrected chi connectivity index (χ4v) is 7.30. The lowest BCUT2D eigenvalue weighted by atomic mass is 9.45. The van der Waals surface area contributed by atoms with E-state index in [-0.39, 0.29) is 17.5 Å². The van der Waals surface area contributed by atoms with Crippen molar-refractivity contribution >= 4 is 5.97 Å². The maximum absolute atomic E-state index is 13.1. The van der Waals surface area contributed by atoms with Crippen molar-refractivity contribution in [3.63, 3.8) is 0 Å². The molecule has 2 bridgehead atoms. The molecule has 27 heavy (non-hydrogen) atoms. The number of hydrogen-bond donors (Lipinski definition) is 1. The molecule has 3 fully saturated rings. The Kier molecular flexibility index (Phi) is 5.51. The van der Waals surface area contributed by atoms with E-state index in [1.54, 1.807) is 0 Å². The first-order valence-electron chi connectivity index (χ1n) is 11.4. The van der Waals surface area contributed by atoms with Crippen LogP contribution in [0.25, 0.3) is 0 Å². The zero-order valence-corrected chi connectivity index (χ0v) is 18.7. The van der Waals surface area contributed by atoms with Gasteiger partial charge >= 0.3 is 5.97 Å². The van der Waals surface area contributed by atoms with Gasteiger partial charge in [0.15, 0.2) is 5.60 Å². The van der Waals surface area contributed by atoms with E-state index in [0.717, 1.165) is 31.6 Å². The second kappa shape index (κ2) is 7.04. The van der Waals surface area contributed by atoms with Crippen LogP contribution in [-0.2, 0) is 9.53 Å². The molecule has 7 atom stereocenters. The highest BCUT2D eigenvalue weighted by atomic mass is 16.6. The summed E-state index contributed by atoms with van der Waals surface area (Å²) in [5.74, 6) is 2.65. The van der Waals surface area contributed by atoms with E-state index < -0.39 is 5.60 Å². The topological polar surface area (TPSA) is 46.5 Å². The van der Waals surface area contributed by atoms with Gasteiger partial charge in [0.25, 0.3) is 0 Å². The minimum absolute atomic E-state index is 0.185. The minimum Gasteiger partial charge on any atom is -0.461 e. The van der Waals surface area contributed by atoms with E-state index in [2.05, 4.69) is 34.6 Å². The van der Waals surface area contributed by atoms with Crippen molar-refractivity contribution in [2.75, 3.05) is 0 Å². The minimum atomic E-state index is -1.34. The molecule has 0 heterocycles. The summed E-state index contributed by atoms with van der Waals surface area (Å²) in [6.45, 7) is 15.7. The number of fused-ring (bicyclic) bond motifs is 3. The first-order valence-corrected chi connectivity index (χ1v) is 11.4. The van der Waals surface area contributed by atoms with E-state index in [1.807, 2.05) is 13.8 Å². The van der Waals surface area contributed by atoms with E-state index in [0.29, 0.717) is 35.5 Å². The Morgan fingerprint density at radius 3 is 2.22 bits per heavy atom. The van der Waals surface area contributed by atoms with Gasteiger partial charge in [0, 0.05) is 5.41 Å². The number of carbonyl (C=O) groups excluding carboxylic acids is 1. The second-order valence-electron chi connectivity index (χ2n) is 11.3.